The van der Waals surface area contributed by atoms with Gasteiger partial charge in [0.05, 0.1) is 6.61 Å². The first-order valence-corrected chi connectivity index (χ1v) is 8.81. The molecule has 7 heteroatoms. The summed E-state index contributed by atoms with van der Waals surface area (Å²) in [6.07, 6.45) is 2.40. The topological polar surface area (TPSA) is 102 Å². The van der Waals surface area contributed by atoms with Crippen LogP contribution in [0.3, 0.4) is 0 Å². The Morgan fingerprint density at radius 1 is 1.25 bits per heavy atom. The van der Waals surface area contributed by atoms with E-state index in [0.29, 0.717) is 19.6 Å². The molecule has 0 saturated carbocycles. The first-order chi connectivity index (χ1) is 11.3. The highest BCUT2D eigenvalue weighted by Gasteiger charge is 2.37. The summed E-state index contributed by atoms with van der Waals surface area (Å²) in [4.78, 5) is 38.1. The van der Waals surface area contributed by atoms with E-state index in [-0.39, 0.29) is 17.7 Å². The lowest BCUT2D eigenvalue weighted by molar-refractivity contribution is -0.143. The lowest BCUT2D eigenvalue weighted by Crippen LogP contribution is -2.58. The minimum Gasteiger partial charge on any atom is -0.449 e. The van der Waals surface area contributed by atoms with Crippen LogP contribution >= 0.6 is 0 Å². The maximum atomic E-state index is 12.9. The molecule has 1 aliphatic heterocycles. The summed E-state index contributed by atoms with van der Waals surface area (Å²) in [6.45, 7) is 8.51. The molecule has 1 unspecified atom stereocenters. The Labute approximate surface area is 144 Å². The molecular formula is C17H31N3O4. The number of alkyl carbamates (subject to hydrolysis) is 1. The standard InChI is InChI=1S/C17H31N3O4/c1-5-12(4)14(19-17(23)24-10-11(2)3)16(22)20-9-7-6-8-13(20)15(18)21/h11-14H,5-10H2,1-4H3,(H2,18,21)(H,19,23)/t12?,13-,14-/m0/s1. The Bertz CT molecular complexity index is 453. The van der Waals surface area contributed by atoms with E-state index in [1.54, 1.807) is 0 Å². The van der Waals surface area contributed by atoms with Crippen LogP contribution in [-0.2, 0) is 14.3 Å². The van der Waals surface area contributed by atoms with E-state index in [1.807, 2.05) is 27.7 Å². The van der Waals surface area contributed by atoms with Gasteiger partial charge in [0.1, 0.15) is 12.1 Å². The summed E-state index contributed by atoms with van der Waals surface area (Å²) in [5, 5.41) is 2.68. The van der Waals surface area contributed by atoms with Gasteiger partial charge in [0.2, 0.25) is 11.8 Å². The minimum absolute atomic E-state index is 0.0699. The fourth-order valence-corrected chi connectivity index (χ4v) is 2.76. The number of ether oxygens (including phenoxy) is 1. The number of carbonyl (C=O) groups excluding carboxylic acids is 3. The summed E-state index contributed by atoms with van der Waals surface area (Å²) in [5.74, 6) is -0.600. The number of rotatable bonds is 7. The number of nitrogens with one attached hydrogen (secondary N) is 1. The molecule has 24 heavy (non-hydrogen) atoms. The molecule has 0 radical (unpaired) electrons. The third-order valence-corrected chi connectivity index (χ3v) is 4.41. The second-order valence-electron chi connectivity index (χ2n) is 6.95. The van der Waals surface area contributed by atoms with Crippen LogP contribution < -0.4 is 11.1 Å². The molecule has 1 rings (SSSR count). The predicted octanol–water partition coefficient (Wildman–Crippen LogP) is 1.65. The molecule has 1 aliphatic rings. The number of primary amides is 1. The lowest BCUT2D eigenvalue weighted by Gasteiger charge is -2.37. The number of piperidine rings is 1. The second kappa shape index (κ2) is 9.49. The Balaban J connectivity index is 2.84. The molecule has 3 amide bonds. The lowest BCUT2D eigenvalue weighted by atomic mass is 9.94. The molecule has 0 aromatic rings. The van der Waals surface area contributed by atoms with Gasteiger partial charge in [-0.2, -0.15) is 0 Å². The van der Waals surface area contributed by atoms with Gasteiger partial charge in [-0.15, -0.1) is 0 Å². The van der Waals surface area contributed by atoms with Crippen LogP contribution in [0.25, 0.3) is 0 Å². The van der Waals surface area contributed by atoms with Crippen LogP contribution in [0.5, 0.6) is 0 Å². The minimum atomic E-state index is -0.713. The summed E-state index contributed by atoms with van der Waals surface area (Å²) in [5.41, 5.74) is 5.44. The molecule has 0 bridgehead atoms. The van der Waals surface area contributed by atoms with E-state index < -0.39 is 24.1 Å². The SMILES string of the molecule is CCC(C)[C@H](NC(=O)OCC(C)C)C(=O)N1CCCC[C@H]1C(N)=O. The molecular weight excluding hydrogens is 310 g/mol. The summed E-state index contributed by atoms with van der Waals surface area (Å²) >= 11 is 0. The number of hydrogen-bond acceptors (Lipinski definition) is 4. The monoisotopic (exact) mass is 341 g/mol. The normalized spacial score (nSPS) is 20.4. The fraction of sp³-hybridized carbons (Fsp3) is 0.824. The zero-order chi connectivity index (χ0) is 18.3. The van der Waals surface area contributed by atoms with Crippen molar-refractivity contribution >= 4 is 17.9 Å². The van der Waals surface area contributed by atoms with Gasteiger partial charge in [-0.05, 0) is 31.1 Å². The van der Waals surface area contributed by atoms with Crippen molar-refractivity contribution < 1.29 is 19.1 Å². The number of nitrogens with two attached hydrogens (primary N) is 1. The Morgan fingerprint density at radius 3 is 2.46 bits per heavy atom. The second-order valence-corrected chi connectivity index (χ2v) is 6.95. The van der Waals surface area contributed by atoms with E-state index in [0.717, 1.165) is 19.3 Å². The van der Waals surface area contributed by atoms with Crippen molar-refractivity contribution in [3.05, 3.63) is 0 Å². The van der Waals surface area contributed by atoms with Gasteiger partial charge in [0.25, 0.3) is 0 Å². The Hall–Kier alpha value is -1.79. The number of carbonyl (C=O) groups is 3. The molecule has 3 N–H and O–H groups in total. The highest BCUT2D eigenvalue weighted by Crippen LogP contribution is 2.20. The van der Waals surface area contributed by atoms with Crippen molar-refractivity contribution in [2.75, 3.05) is 13.2 Å². The van der Waals surface area contributed by atoms with Crippen LogP contribution in [0, 0.1) is 11.8 Å². The number of nitrogens with zero attached hydrogens (tertiary/aromatic N) is 1. The maximum Gasteiger partial charge on any atom is 0.407 e. The first-order valence-electron chi connectivity index (χ1n) is 8.81. The largest absolute Gasteiger partial charge is 0.449 e. The van der Waals surface area contributed by atoms with Gasteiger partial charge in [-0.25, -0.2) is 4.79 Å². The number of amides is 3. The summed E-state index contributed by atoms with van der Waals surface area (Å²) < 4.78 is 5.13. The molecule has 0 aliphatic carbocycles. The zero-order valence-corrected chi connectivity index (χ0v) is 15.2. The van der Waals surface area contributed by atoms with Gasteiger partial charge >= 0.3 is 6.09 Å². The van der Waals surface area contributed by atoms with Crippen molar-refractivity contribution in [3.63, 3.8) is 0 Å². The van der Waals surface area contributed by atoms with E-state index in [1.165, 1.54) is 4.90 Å². The molecule has 0 aromatic carbocycles. The van der Waals surface area contributed by atoms with Gasteiger partial charge < -0.3 is 20.7 Å². The van der Waals surface area contributed by atoms with Gasteiger partial charge in [0.15, 0.2) is 0 Å². The Morgan fingerprint density at radius 2 is 1.92 bits per heavy atom. The van der Waals surface area contributed by atoms with Crippen LogP contribution in [-0.4, -0.2) is 48.0 Å². The van der Waals surface area contributed by atoms with E-state index >= 15 is 0 Å². The van der Waals surface area contributed by atoms with Crippen molar-refractivity contribution in [1.82, 2.24) is 10.2 Å². The van der Waals surface area contributed by atoms with Crippen LogP contribution in [0.1, 0.15) is 53.4 Å². The van der Waals surface area contributed by atoms with Crippen molar-refractivity contribution in [2.24, 2.45) is 17.6 Å². The maximum absolute atomic E-state index is 12.9. The Kier molecular flexibility index (Phi) is 8.01. The van der Waals surface area contributed by atoms with Crippen molar-refractivity contribution in [3.8, 4) is 0 Å². The van der Waals surface area contributed by atoms with Crippen molar-refractivity contribution in [2.45, 2.75) is 65.5 Å². The van der Waals surface area contributed by atoms with Gasteiger partial charge in [0, 0.05) is 6.54 Å². The molecule has 1 fully saturated rings. The van der Waals surface area contributed by atoms with Crippen LogP contribution in [0.2, 0.25) is 0 Å². The molecule has 0 spiro atoms. The molecule has 1 heterocycles. The molecule has 7 nitrogen and oxygen atoms in total. The summed E-state index contributed by atoms with van der Waals surface area (Å²) in [6, 6.07) is -1.30. The molecule has 0 aromatic heterocycles. The van der Waals surface area contributed by atoms with Crippen molar-refractivity contribution in [1.29, 1.82) is 0 Å². The zero-order valence-electron chi connectivity index (χ0n) is 15.2. The first kappa shape index (κ1) is 20.3. The quantitative estimate of drug-likeness (QED) is 0.735. The smallest absolute Gasteiger partial charge is 0.407 e. The average molecular weight is 341 g/mol. The predicted molar refractivity (Wildman–Crippen MR) is 91.1 cm³/mol. The van der Waals surface area contributed by atoms with E-state index in [9.17, 15) is 14.4 Å². The number of likely N-dealkylation sites (tertiary alicyclic amines) is 1. The van der Waals surface area contributed by atoms with Gasteiger partial charge in [-0.3, -0.25) is 9.59 Å². The highest BCUT2D eigenvalue weighted by atomic mass is 16.5. The number of hydrogen-bond donors (Lipinski definition) is 2. The third kappa shape index (κ3) is 5.69. The highest BCUT2D eigenvalue weighted by molar-refractivity contribution is 5.91. The molecule has 138 valence electrons. The molecule has 3 atom stereocenters. The van der Waals surface area contributed by atoms with E-state index in [2.05, 4.69) is 5.32 Å². The average Bonchev–Trinajstić information content (AvgIpc) is 2.56. The fourth-order valence-electron chi connectivity index (χ4n) is 2.76. The molecule has 1 saturated heterocycles. The summed E-state index contributed by atoms with van der Waals surface area (Å²) in [7, 11) is 0. The van der Waals surface area contributed by atoms with Crippen LogP contribution in [0.4, 0.5) is 4.79 Å². The van der Waals surface area contributed by atoms with Crippen LogP contribution in [0.15, 0.2) is 0 Å². The van der Waals surface area contributed by atoms with Gasteiger partial charge in [-0.1, -0.05) is 34.1 Å². The third-order valence-electron chi connectivity index (χ3n) is 4.41. The van der Waals surface area contributed by atoms with E-state index in [4.69, 9.17) is 10.5 Å².